The maximum absolute atomic E-state index is 3.70. The Morgan fingerprint density at radius 3 is 1.78 bits per heavy atom. The van der Waals surface area contributed by atoms with Gasteiger partial charge >= 0.3 is 0 Å². The predicted octanol–water partition coefficient (Wildman–Crippen LogP) is 2.94. The average Bonchev–Trinajstić information content (AvgIpc) is 1.88. The van der Waals surface area contributed by atoms with Gasteiger partial charge in [0.15, 0.2) is 0 Å². The monoisotopic (exact) mass is 122 g/mol. The van der Waals surface area contributed by atoms with Crippen molar-refractivity contribution in [3.63, 3.8) is 0 Å². The van der Waals surface area contributed by atoms with Gasteiger partial charge in [0.25, 0.3) is 0 Å². The van der Waals surface area contributed by atoms with Crippen molar-refractivity contribution in [3.8, 4) is 0 Å². The summed E-state index contributed by atoms with van der Waals surface area (Å²) in [5.74, 6) is 0.417. The molecule has 9 heavy (non-hydrogen) atoms. The molecule has 0 radical (unpaired) electrons. The van der Waals surface area contributed by atoms with Gasteiger partial charge in [0.1, 0.15) is 0 Å². The fourth-order valence-corrected chi connectivity index (χ4v) is 0.666. The largest absolute Gasteiger partial charge is 0.102 e. The first kappa shape index (κ1) is 8.22. The second-order valence-corrected chi connectivity index (χ2v) is 1.86. The Kier molecular flexibility index (Phi) is 4.89. The lowest BCUT2D eigenvalue weighted by Crippen LogP contribution is -1.81. The number of hydrogen-bond donors (Lipinski definition) is 0. The average molecular weight is 122 g/mol. The van der Waals surface area contributed by atoms with Gasteiger partial charge < -0.3 is 0 Å². The van der Waals surface area contributed by atoms with Crippen molar-refractivity contribution in [2.24, 2.45) is 5.92 Å². The van der Waals surface area contributed by atoms with Crippen molar-refractivity contribution in [2.75, 3.05) is 0 Å². The lowest BCUT2D eigenvalue weighted by atomic mass is 10.1. The van der Waals surface area contributed by atoms with Crippen LogP contribution in [-0.2, 0) is 0 Å². The van der Waals surface area contributed by atoms with Gasteiger partial charge in [0.05, 0.1) is 0 Å². The molecule has 0 amide bonds. The summed E-state index contributed by atoms with van der Waals surface area (Å²) in [4.78, 5) is 0. The minimum absolute atomic E-state index is 0.417. The summed E-state index contributed by atoms with van der Waals surface area (Å²) in [5, 5.41) is 0. The molecule has 0 N–H and O–H groups in total. The molecule has 0 fully saturated rings. The fraction of sp³-hybridized carbons (Fsp3) is 0.333. The van der Waals surface area contributed by atoms with Gasteiger partial charge in [-0.3, -0.25) is 0 Å². The van der Waals surface area contributed by atoms with E-state index in [0.717, 1.165) is 0 Å². The highest BCUT2D eigenvalue weighted by molar-refractivity contribution is 5.06. The van der Waals surface area contributed by atoms with E-state index in [-0.39, 0.29) is 0 Å². The summed E-state index contributed by atoms with van der Waals surface area (Å²) < 4.78 is 0. The topological polar surface area (TPSA) is 0 Å². The number of hydrogen-bond acceptors (Lipinski definition) is 0. The van der Waals surface area contributed by atoms with Crippen molar-refractivity contribution in [2.45, 2.75) is 13.8 Å². The van der Waals surface area contributed by atoms with Gasteiger partial charge in [-0.05, 0) is 13.8 Å². The number of allylic oxidation sites excluding steroid dienone is 5. The van der Waals surface area contributed by atoms with Crippen LogP contribution in [0.1, 0.15) is 13.8 Å². The molecule has 0 saturated heterocycles. The normalized spacial score (nSPS) is 14.9. The molecule has 0 aliphatic carbocycles. The summed E-state index contributed by atoms with van der Waals surface area (Å²) in [7, 11) is 0. The molecule has 0 aromatic heterocycles. The van der Waals surface area contributed by atoms with Gasteiger partial charge in [0.2, 0.25) is 0 Å². The van der Waals surface area contributed by atoms with E-state index in [1.54, 1.807) is 0 Å². The van der Waals surface area contributed by atoms with E-state index >= 15 is 0 Å². The first-order valence-corrected chi connectivity index (χ1v) is 3.23. The highest BCUT2D eigenvalue weighted by Gasteiger charge is 1.87. The van der Waals surface area contributed by atoms with E-state index < -0.39 is 0 Å². The molecule has 0 rings (SSSR count). The Morgan fingerprint density at radius 2 is 1.56 bits per heavy atom. The third-order valence-corrected chi connectivity index (χ3v) is 1.10. The standard InChI is InChI=1S/C9H14/c1-4-7-9(6-3)8-5-2/h4-9H,3H2,1-2H3. The number of rotatable bonds is 3. The van der Waals surface area contributed by atoms with Gasteiger partial charge in [-0.1, -0.05) is 30.4 Å². The van der Waals surface area contributed by atoms with Crippen molar-refractivity contribution in [3.05, 3.63) is 37.0 Å². The summed E-state index contributed by atoms with van der Waals surface area (Å²) in [5.41, 5.74) is 0. The van der Waals surface area contributed by atoms with Crippen LogP contribution in [0.4, 0.5) is 0 Å². The molecule has 0 heteroatoms. The lowest BCUT2D eigenvalue weighted by molar-refractivity contribution is 1.06. The Hall–Kier alpha value is -0.780. The quantitative estimate of drug-likeness (QED) is 0.505. The first-order valence-electron chi connectivity index (χ1n) is 3.23. The van der Waals surface area contributed by atoms with E-state index in [4.69, 9.17) is 0 Å². The first-order chi connectivity index (χ1) is 4.35. The van der Waals surface area contributed by atoms with Crippen LogP contribution in [-0.4, -0.2) is 0 Å². The SMILES string of the molecule is C=CC(C=CC)C=CC. The minimum Gasteiger partial charge on any atom is -0.102 e. The van der Waals surface area contributed by atoms with E-state index in [0.29, 0.717) is 5.92 Å². The van der Waals surface area contributed by atoms with Gasteiger partial charge in [-0.2, -0.15) is 0 Å². The molecule has 0 spiro atoms. The fourth-order valence-electron chi connectivity index (χ4n) is 0.666. The van der Waals surface area contributed by atoms with Crippen LogP contribution in [0.15, 0.2) is 37.0 Å². The van der Waals surface area contributed by atoms with Crippen molar-refractivity contribution in [1.82, 2.24) is 0 Å². The van der Waals surface area contributed by atoms with E-state index in [2.05, 4.69) is 18.7 Å². The highest BCUT2D eigenvalue weighted by Crippen LogP contribution is 2.01. The molecule has 0 aliphatic rings. The Balaban J connectivity index is 3.82. The lowest BCUT2D eigenvalue weighted by Gasteiger charge is -1.95. The molecule has 0 unspecified atom stereocenters. The molecule has 0 heterocycles. The Morgan fingerprint density at radius 1 is 1.11 bits per heavy atom. The van der Waals surface area contributed by atoms with Crippen molar-refractivity contribution < 1.29 is 0 Å². The molecule has 0 atom stereocenters. The van der Waals surface area contributed by atoms with Crippen molar-refractivity contribution >= 4 is 0 Å². The zero-order valence-corrected chi connectivity index (χ0v) is 6.17. The van der Waals surface area contributed by atoms with Gasteiger partial charge in [-0.25, -0.2) is 0 Å². The third-order valence-electron chi connectivity index (χ3n) is 1.10. The highest BCUT2D eigenvalue weighted by atomic mass is 13.9. The maximum atomic E-state index is 3.70. The summed E-state index contributed by atoms with van der Waals surface area (Å²) in [6.07, 6.45) is 10.2. The Bertz CT molecular complexity index is 106. The molecule has 0 saturated carbocycles. The smallest absolute Gasteiger partial charge is 0.0124 e. The molecule has 0 aliphatic heterocycles. The maximum Gasteiger partial charge on any atom is 0.0124 e. The third kappa shape index (κ3) is 3.77. The molecule has 0 bridgehead atoms. The van der Waals surface area contributed by atoms with Gasteiger partial charge in [0, 0.05) is 5.92 Å². The Labute approximate surface area is 57.6 Å². The minimum atomic E-state index is 0.417. The molecule has 0 nitrogen and oxygen atoms in total. The molecule has 50 valence electrons. The molecule has 0 aromatic carbocycles. The van der Waals surface area contributed by atoms with Crippen LogP contribution >= 0.6 is 0 Å². The zero-order chi connectivity index (χ0) is 7.11. The van der Waals surface area contributed by atoms with Crippen LogP contribution in [0, 0.1) is 5.92 Å². The summed E-state index contributed by atoms with van der Waals surface area (Å²) >= 11 is 0. The van der Waals surface area contributed by atoms with E-state index in [9.17, 15) is 0 Å². The molecular weight excluding hydrogens is 108 g/mol. The van der Waals surface area contributed by atoms with E-state index in [1.807, 2.05) is 32.1 Å². The van der Waals surface area contributed by atoms with Crippen LogP contribution in [0.2, 0.25) is 0 Å². The molecule has 0 aromatic rings. The second kappa shape index (κ2) is 5.36. The summed E-state index contributed by atoms with van der Waals surface area (Å²) in [6.45, 7) is 7.72. The van der Waals surface area contributed by atoms with Crippen LogP contribution in [0.3, 0.4) is 0 Å². The van der Waals surface area contributed by atoms with Gasteiger partial charge in [-0.15, -0.1) is 6.58 Å². The zero-order valence-electron chi connectivity index (χ0n) is 6.17. The summed E-state index contributed by atoms with van der Waals surface area (Å²) in [6, 6.07) is 0. The van der Waals surface area contributed by atoms with E-state index in [1.165, 1.54) is 0 Å². The predicted molar refractivity (Wildman–Crippen MR) is 43.3 cm³/mol. The van der Waals surface area contributed by atoms with Crippen molar-refractivity contribution in [1.29, 1.82) is 0 Å². The van der Waals surface area contributed by atoms with Crippen LogP contribution < -0.4 is 0 Å². The molecular formula is C9H14. The van der Waals surface area contributed by atoms with Crippen LogP contribution in [0.25, 0.3) is 0 Å². The second-order valence-electron chi connectivity index (χ2n) is 1.86. The van der Waals surface area contributed by atoms with Crippen LogP contribution in [0.5, 0.6) is 0 Å².